The third-order valence-corrected chi connectivity index (χ3v) is 12.0. The predicted octanol–water partition coefficient (Wildman–Crippen LogP) is 2.77. The maximum Gasteiger partial charge on any atom is 0.316 e. The lowest BCUT2D eigenvalue weighted by atomic mass is 9.68. The molecule has 2 aromatic rings. The average molecular weight is 798 g/mol. The average Bonchev–Trinajstić information content (AvgIpc) is 3.13. The first kappa shape index (κ1) is 41.3. The second kappa shape index (κ2) is 15.7. The van der Waals surface area contributed by atoms with Gasteiger partial charge < -0.3 is 58.5 Å². The third-order valence-electron chi connectivity index (χ3n) is 12.0. The Morgan fingerprint density at radius 2 is 1.54 bits per heavy atom. The molecule has 16 nitrogen and oxygen atoms in total. The third kappa shape index (κ3) is 7.51. The van der Waals surface area contributed by atoms with Gasteiger partial charge in [0, 0.05) is 54.8 Å². The van der Waals surface area contributed by atoms with Crippen LogP contribution in [0.1, 0.15) is 115 Å². The number of carbonyl (C=O) groups is 4. The van der Waals surface area contributed by atoms with Crippen molar-refractivity contribution in [1.82, 2.24) is 4.90 Å². The van der Waals surface area contributed by atoms with Gasteiger partial charge in [0.05, 0.1) is 48.3 Å². The molecule has 0 radical (unpaired) electrons. The monoisotopic (exact) mass is 797 g/mol. The van der Waals surface area contributed by atoms with Gasteiger partial charge in [-0.25, -0.2) is 0 Å². The number of benzene rings is 2. The lowest BCUT2D eigenvalue weighted by molar-refractivity contribution is -0.324. The number of esters is 1. The van der Waals surface area contributed by atoms with Crippen molar-refractivity contribution in [2.75, 3.05) is 21.2 Å². The van der Waals surface area contributed by atoms with Crippen molar-refractivity contribution < 1.29 is 72.8 Å². The molecule has 4 N–H and O–H groups in total. The van der Waals surface area contributed by atoms with Gasteiger partial charge >= 0.3 is 5.97 Å². The van der Waals surface area contributed by atoms with Crippen molar-refractivity contribution in [2.45, 2.75) is 139 Å². The van der Waals surface area contributed by atoms with E-state index in [9.17, 15) is 39.6 Å². The van der Waals surface area contributed by atoms with Crippen molar-refractivity contribution in [2.24, 2.45) is 0 Å². The smallest absolute Gasteiger partial charge is 0.316 e. The Kier molecular flexibility index (Phi) is 11.4. The standard InChI is InChI=1S/C41H51NO15/c1-17-24(43)11-12-28(52-17)56-39-19(3)54-30(15-26(39)45)57-38-18(2)53-29(14-23(38)42(5)6)55-27-16-41(4,50)34(40(49)51-7)21-13-22-33(37(48)32(21)27)36(47)31-20(35(22)46)9-8-10-25(31)44/h8-10,13,17-19,23,26-30,34,38-39,44-45,48,50H,11-12,14-16H2,1-7H3/t17-,18-,19-,23-,26-,27-,28+,29-,30-,34-,38+,39-,41+/m0/s1. The van der Waals surface area contributed by atoms with Crippen LogP contribution in [0.4, 0.5) is 0 Å². The second-order valence-electron chi connectivity index (χ2n) is 16.2. The predicted molar refractivity (Wildman–Crippen MR) is 197 cm³/mol. The highest BCUT2D eigenvalue weighted by atomic mass is 16.7. The molecule has 3 fully saturated rings. The zero-order chi connectivity index (χ0) is 41.2. The van der Waals surface area contributed by atoms with Gasteiger partial charge in [-0.05, 0) is 59.5 Å². The largest absolute Gasteiger partial charge is 0.507 e. The number of ketones is 3. The van der Waals surface area contributed by atoms with Crippen LogP contribution in [0.3, 0.4) is 0 Å². The van der Waals surface area contributed by atoms with Crippen LogP contribution in [0.5, 0.6) is 11.5 Å². The fraction of sp³-hybridized carbons (Fsp3) is 0.610. The van der Waals surface area contributed by atoms with E-state index in [-0.39, 0.29) is 64.5 Å². The van der Waals surface area contributed by atoms with Crippen LogP contribution in [0, 0.1) is 0 Å². The number of aliphatic hydroxyl groups excluding tert-OH is 1. The van der Waals surface area contributed by atoms with Crippen molar-refractivity contribution in [3.05, 3.63) is 57.6 Å². The number of Topliss-reactive ketones (excluding diaryl/α,β-unsaturated/α-hetero) is 1. The first-order valence-corrected chi connectivity index (χ1v) is 19.3. The summed E-state index contributed by atoms with van der Waals surface area (Å²) in [7, 11) is 4.89. The first-order chi connectivity index (χ1) is 26.9. The van der Waals surface area contributed by atoms with Crippen molar-refractivity contribution in [3.63, 3.8) is 0 Å². The van der Waals surface area contributed by atoms with Crippen molar-refractivity contribution in [1.29, 1.82) is 0 Å². The van der Waals surface area contributed by atoms with Gasteiger partial charge in [0.15, 0.2) is 30.4 Å². The van der Waals surface area contributed by atoms with E-state index >= 15 is 0 Å². The summed E-state index contributed by atoms with van der Waals surface area (Å²) in [4.78, 5) is 54.7. The molecule has 5 aliphatic rings. The molecule has 3 saturated heterocycles. The van der Waals surface area contributed by atoms with Gasteiger partial charge in [-0.15, -0.1) is 0 Å². The molecular weight excluding hydrogens is 746 g/mol. The van der Waals surface area contributed by atoms with E-state index in [0.717, 1.165) is 7.11 Å². The molecule has 0 bridgehead atoms. The van der Waals surface area contributed by atoms with Gasteiger partial charge in [0.1, 0.15) is 35.7 Å². The van der Waals surface area contributed by atoms with Crippen LogP contribution < -0.4 is 0 Å². The number of fused-ring (bicyclic) bond motifs is 3. The van der Waals surface area contributed by atoms with Gasteiger partial charge in [-0.1, -0.05) is 12.1 Å². The molecule has 2 aromatic carbocycles. The molecule has 2 aliphatic carbocycles. The number of rotatable bonds is 8. The van der Waals surface area contributed by atoms with Crippen molar-refractivity contribution >= 4 is 23.3 Å². The fourth-order valence-electron chi connectivity index (χ4n) is 9.06. The number of ether oxygens (including phenoxy) is 7. The first-order valence-electron chi connectivity index (χ1n) is 19.3. The SMILES string of the molecule is COC(=O)[C@@H]1c2cc3c(c(O)c2[C@@H](O[C@H]2C[C@H](N(C)C)[C@H](O[C@H]4C[C@H](O)[C@@H](O[C@@H]5CCC(=O)[C@H](C)O5)[C@H](C)O4)[C@H](C)O2)C[C@@]1(C)O)C(=O)c1c(O)cccc1C3=O. The Morgan fingerprint density at radius 1 is 0.877 bits per heavy atom. The normalized spacial score (nSPS) is 36.7. The summed E-state index contributed by atoms with van der Waals surface area (Å²) in [6, 6.07) is 5.07. The highest BCUT2D eigenvalue weighted by Gasteiger charge is 2.52. The summed E-state index contributed by atoms with van der Waals surface area (Å²) < 4.78 is 42.4. The van der Waals surface area contributed by atoms with Crippen molar-refractivity contribution in [3.8, 4) is 11.5 Å². The van der Waals surface area contributed by atoms with Crippen LogP contribution in [0.2, 0.25) is 0 Å². The van der Waals surface area contributed by atoms with Gasteiger partial charge in [0.2, 0.25) is 5.78 Å². The van der Waals surface area contributed by atoms with Crippen LogP contribution >= 0.6 is 0 Å². The van der Waals surface area contributed by atoms with Gasteiger partial charge in [-0.3, -0.25) is 19.2 Å². The fourth-order valence-corrected chi connectivity index (χ4v) is 9.06. The number of carbonyl (C=O) groups excluding carboxylic acids is 4. The molecular formula is C41H51NO15. The van der Waals surface area contributed by atoms with Crippen LogP contribution in [0.15, 0.2) is 24.3 Å². The lowest BCUT2D eigenvalue weighted by Gasteiger charge is -2.48. The Morgan fingerprint density at radius 3 is 2.19 bits per heavy atom. The van der Waals surface area contributed by atoms with E-state index in [4.69, 9.17) is 33.2 Å². The molecule has 310 valence electrons. The van der Waals surface area contributed by atoms with E-state index in [0.29, 0.717) is 12.8 Å². The maximum absolute atomic E-state index is 13.9. The molecule has 13 atom stereocenters. The molecule has 0 spiro atoms. The number of nitrogens with zero attached hydrogens (tertiary/aromatic N) is 1. The zero-order valence-corrected chi connectivity index (χ0v) is 33.0. The molecule has 0 saturated carbocycles. The topological polar surface area (TPSA) is 217 Å². The maximum atomic E-state index is 13.9. The molecule has 7 rings (SSSR count). The van der Waals surface area contributed by atoms with Crippen LogP contribution in [0.25, 0.3) is 0 Å². The number of aliphatic hydroxyl groups is 2. The zero-order valence-electron chi connectivity index (χ0n) is 33.0. The number of aromatic hydroxyl groups is 2. The van der Waals surface area contributed by atoms with Gasteiger partial charge in [-0.2, -0.15) is 0 Å². The molecule has 0 amide bonds. The number of likely N-dealkylation sites (N-methyl/N-ethyl adjacent to an activating group) is 1. The molecule has 16 heteroatoms. The summed E-state index contributed by atoms with van der Waals surface area (Å²) in [5.74, 6) is -4.65. The molecule has 57 heavy (non-hydrogen) atoms. The number of phenolic OH excluding ortho intramolecular Hbond substituents is 2. The molecule has 0 aromatic heterocycles. The van der Waals surface area contributed by atoms with Gasteiger partial charge in [0.25, 0.3) is 0 Å². The number of hydrogen-bond donors (Lipinski definition) is 4. The Hall–Kier alpha value is -3.84. The van der Waals surface area contributed by atoms with Crippen LogP contribution in [-0.2, 0) is 42.7 Å². The van der Waals surface area contributed by atoms with E-state index in [1.807, 2.05) is 19.0 Å². The number of methoxy groups -OCH3 is 1. The summed E-state index contributed by atoms with van der Waals surface area (Å²) in [6.07, 6.45) is -6.74. The molecule has 0 unspecified atom stereocenters. The van der Waals surface area contributed by atoms with E-state index in [1.165, 1.54) is 31.2 Å². The Labute approximate surface area is 329 Å². The second-order valence-corrected chi connectivity index (χ2v) is 16.2. The van der Waals surface area contributed by atoms with E-state index in [1.54, 1.807) is 20.8 Å². The summed E-state index contributed by atoms with van der Waals surface area (Å²) in [6.45, 7) is 6.68. The quantitative estimate of drug-likeness (QED) is 0.241. The number of hydrogen-bond acceptors (Lipinski definition) is 16. The van der Waals surface area contributed by atoms with E-state index < -0.39 is 102 Å². The minimum absolute atomic E-state index is 0.00518. The van der Waals surface area contributed by atoms with E-state index in [2.05, 4.69) is 0 Å². The summed E-state index contributed by atoms with van der Waals surface area (Å²) in [5.41, 5.74) is -2.58. The summed E-state index contributed by atoms with van der Waals surface area (Å²) in [5, 5.41) is 45.4. The molecule has 3 aliphatic heterocycles. The summed E-state index contributed by atoms with van der Waals surface area (Å²) >= 11 is 0. The number of phenols is 2. The Balaban J connectivity index is 1.12. The minimum Gasteiger partial charge on any atom is -0.507 e. The highest BCUT2D eigenvalue weighted by molar-refractivity contribution is 6.30. The lowest BCUT2D eigenvalue weighted by Crippen LogP contribution is -2.58. The van der Waals surface area contributed by atoms with Crippen LogP contribution in [-0.4, -0.2) is 137 Å². The highest BCUT2D eigenvalue weighted by Crippen LogP contribution is 2.53. The minimum atomic E-state index is -1.80. The molecule has 3 heterocycles. The Bertz CT molecular complexity index is 1920.